The van der Waals surface area contributed by atoms with Crippen LogP contribution in [0, 0.1) is 6.92 Å². The lowest BCUT2D eigenvalue weighted by molar-refractivity contribution is 0.683. The molecule has 0 aliphatic heterocycles. The number of aryl methyl sites for hydroxylation is 1. The van der Waals surface area contributed by atoms with Gasteiger partial charge in [-0.15, -0.1) is 0 Å². The molecule has 0 aliphatic rings. The van der Waals surface area contributed by atoms with Gasteiger partial charge in [-0.1, -0.05) is 12.1 Å². The van der Waals surface area contributed by atoms with Gasteiger partial charge in [-0.05, 0) is 25.5 Å². The zero-order valence-corrected chi connectivity index (χ0v) is 10.2. The maximum absolute atomic E-state index is 11.0. The first-order chi connectivity index (χ1) is 7.00. The van der Waals surface area contributed by atoms with E-state index in [1.54, 1.807) is 6.26 Å². The number of benzene rings is 1. The van der Waals surface area contributed by atoms with Crippen molar-refractivity contribution >= 4 is 22.2 Å². The summed E-state index contributed by atoms with van der Waals surface area (Å²) in [6, 6.07) is 6.05. The molecule has 2 unspecified atom stereocenters. The Morgan fingerprint density at radius 1 is 1.53 bits per heavy atom. The third-order valence-electron chi connectivity index (χ3n) is 2.21. The van der Waals surface area contributed by atoms with Gasteiger partial charge in [-0.25, -0.2) is 0 Å². The molecule has 0 bridgehead atoms. The van der Waals surface area contributed by atoms with Gasteiger partial charge in [-0.3, -0.25) is 4.21 Å². The predicted octanol–water partition coefficient (Wildman–Crippen LogP) is 1.76. The fourth-order valence-electron chi connectivity index (χ4n) is 1.47. The summed E-state index contributed by atoms with van der Waals surface area (Å²) in [5.74, 6) is 0.632. The topological polar surface area (TPSA) is 55.1 Å². The molecule has 1 aromatic carbocycles. The Balaban J connectivity index is 2.72. The highest BCUT2D eigenvalue weighted by Crippen LogP contribution is 2.22. The molecule has 0 saturated carbocycles. The average Bonchev–Trinajstić information content (AvgIpc) is 2.11. The summed E-state index contributed by atoms with van der Waals surface area (Å²) in [5, 5.41) is 3.26. The Bertz CT molecular complexity index is 366. The predicted molar refractivity (Wildman–Crippen MR) is 67.6 cm³/mol. The van der Waals surface area contributed by atoms with Crippen molar-refractivity contribution in [2.24, 2.45) is 0 Å². The van der Waals surface area contributed by atoms with Gasteiger partial charge in [0.25, 0.3) is 0 Å². The van der Waals surface area contributed by atoms with Crippen molar-refractivity contribution in [3.05, 3.63) is 23.8 Å². The fourth-order valence-corrected chi connectivity index (χ4v) is 2.25. The van der Waals surface area contributed by atoms with E-state index < -0.39 is 10.8 Å². The van der Waals surface area contributed by atoms with E-state index in [0.29, 0.717) is 5.75 Å². The minimum Gasteiger partial charge on any atom is -0.397 e. The van der Waals surface area contributed by atoms with E-state index in [-0.39, 0.29) is 6.04 Å². The molecule has 1 rings (SSSR count). The minimum absolute atomic E-state index is 0.167. The van der Waals surface area contributed by atoms with Crippen LogP contribution in [0.4, 0.5) is 11.4 Å². The van der Waals surface area contributed by atoms with Gasteiger partial charge < -0.3 is 11.1 Å². The third kappa shape index (κ3) is 3.55. The highest BCUT2D eigenvalue weighted by Gasteiger charge is 2.07. The van der Waals surface area contributed by atoms with Crippen molar-refractivity contribution < 1.29 is 4.21 Å². The highest BCUT2D eigenvalue weighted by atomic mass is 32.2. The van der Waals surface area contributed by atoms with Crippen molar-refractivity contribution in [2.45, 2.75) is 19.9 Å². The van der Waals surface area contributed by atoms with E-state index in [1.165, 1.54) is 0 Å². The molecular weight excluding hydrogens is 208 g/mol. The largest absolute Gasteiger partial charge is 0.397 e. The number of anilines is 2. The van der Waals surface area contributed by atoms with E-state index in [9.17, 15) is 4.21 Å². The number of rotatable bonds is 4. The maximum atomic E-state index is 11.0. The molecule has 0 aromatic heterocycles. The molecule has 0 fully saturated rings. The summed E-state index contributed by atoms with van der Waals surface area (Å²) in [4.78, 5) is 0. The van der Waals surface area contributed by atoms with Crippen molar-refractivity contribution in [3.63, 3.8) is 0 Å². The molecule has 3 N–H and O–H groups in total. The second-order valence-corrected chi connectivity index (χ2v) is 5.30. The maximum Gasteiger partial charge on any atom is 0.0579 e. The monoisotopic (exact) mass is 226 g/mol. The third-order valence-corrected chi connectivity index (χ3v) is 3.18. The van der Waals surface area contributed by atoms with Crippen LogP contribution in [0.5, 0.6) is 0 Å². The number of nitrogen functional groups attached to an aromatic ring is 1. The molecule has 0 heterocycles. The van der Waals surface area contributed by atoms with Crippen LogP contribution in [0.25, 0.3) is 0 Å². The quantitative estimate of drug-likeness (QED) is 0.769. The first kappa shape index (κ1) is 12.0. The Kier molecular flexibility index (Phi) is 4.15. The number of hydrogen-bond acceptors (Lipinski definition) is 3. The lowest BCUT2D eigenvalue weighted by Crippen LogP contribution is -2.22. The molecule has 15 heavy (non-hydrogen) atoms. The first-order valence-corrected chi connectivity index (χ1v) is 6.65. The van der Waals surface area contributed by atoms with Crippen LogP contribution in [0.3, 0.4) is 0 Å². The standard InChI is InChI=1S/C11H18N2OS/c1-8-5-4-6-10(11(8)12)13-9(2)7-15(3)14/h4-6,9,13H,7,12H2,1-3H3. The molecule has 3 nitrogen and oxygen atoms in total. The molecule has 0 saturated heterocycles. The smallest absolute Gasteiger partial charge is 0.0579 e. The fraction of sp³-hybridized carbons (Fsp3) is 0.455. The Labute approximate surface area is 93.5 Å². The van der Waals surface area contributed by atoms with Crippen molar-refractivity contribution in [3.8, 4) is 0 Å². The van der Waals surface area contributed by atoms with Gasteiger partial charge >= 0.3 is 0 Å². The summed E-state index contributed by atoms with van der Waals surface area (Å²) < 4.78 is 11.0. The van der Waals surface area contributed by atoms with Crippen LogP contribution >= 0.6 is 0 Å². The summed E-state index contributed by atoms with van der Waals surface area (Å²) in [7, 11) is -0.785. The van der Waals surface area contributed by atoms with Gasteiger partial charge in [0, 0.05) is 28.9 Å². The lowest BCUT2D eigenvalue weighted by Gasteiger charge is -2.16. The van der Waals surface area contributed by atoms with Crippen molar-refractivity contribution in [1.82, 2.24) is 0 Å². The molecular formula is C11H18N2OS. The van der Waals surface area contributed by atoms with E-state index in [4.69, 9.17) is 5.73 Å². The van der Waals surface area contributed by atoms with Crippen LogP contribution in [0.15, 0.2) is 18.2 Å². The molecule has 0 aliphatic carbocycles. The Morgan fingerprint density at radius 3 is 2.80 bits per heavy atom. The van der Waals surface area contributed by atoms with E-state index in [1.807, 2.05) is 32.0 Å². The second kappa shape index (κ2) is 5.16. The Morgan fingerprint density at radius 2 is 2.20 bits per heavy atom. The number of hydrogen-bond donors (Lipinski definition) is 2. The van der Waals surface area contributed by atoms with Crippen LogP contribution < -0.4 is 11.1 Å². The second-order valence-electron chi connectivity index (χ2n) is 3.82. The molecule has 1 aromatic rings. The van der Waals surface area contributed by atoms with Crippen LogP contribution in [-0.4, -0.2) is 22.3 Å². The SMILES string of the molecule is Cc1cccc(NC(C)CS(C)=O)c1N. The molecule has 0 amide bonds. The molecule has 84 valence electrons. The van der Waals surface area contributed by atoms with Gasteiger partial charge in [0.1, 0.15) is 0 Å². The summed E-state index contributed by atoms with van der Waals surface area (Å²) in [5.41, 5.74) is 8.68. The summed E-state index contributed by atoms with van der Waals surface area (Å²) >= 11 is 0. The first-order valence-electron chi connectivity index (χ1n) is 4.92. The molecule has 0 spiro atoms. The van der Waals surface area contributed by atoms with Crippen LogP contribution in [-0.2, 0) is 10.8 Å². The van der Waals surface area contributed by atoms with Crippen LogP contribution in [0.1, 0.15) is 12.5 Å². The van der Waals surface area contributed by atoms with Gasteiger partial charge in [0.15, 0.2) is 0 Å². The normalized spacial score (nSPS) is 14.6. The number of para-hydroxylation sites is 1. The molecule has 4 heteroatoms. The van der Waals surface area contributed by atoms with E-state index in [0.717, 1.165) is 16.9 Å². The summed E-state index contributed by atoms with van der Waals surface area (Å²) in [6.07, 6.45) is 1.71. The lowest BCUT2D eigenvalue weighted by atomic mass is 10.1. The van der Waals surface area contributed by atoms with Gasteiger partial charge in [0.2, 0.25) is 0 Å². The Hall–Kier alpha value is -1.03. The van der Waals surface area contributed by atoms with E-state index in [2.05, 4.69) is 5.32 Å². The molecule has 2 atom stereocenters. The van der Waals surface area contributed by atoms with Crippen molar-refractivity contribution in [2.75, 3.05) is 23.1 Å². The minimum atomic E-state index is -0.785. The number of nitrogens with two attached hydrogens (primary N) is 1. The average molecular weight is 226 g/mol. The van der Waals surface area contributed by atoms with Crippen LogP contribution in [0.2, 0.25) is 0 Å². The van der Waals surface area contributed by atoms with Gasteiger partial charge in [-0.2, -0.15) is 0 Å². The summed E-state index contributed by atoms with van der Waals surface area (Å²) in [6.45, 7) is 3.98. The van der Waals surface area contributed by atoms with Crippen molar-refractivity contribution in [1.29, 1.82) is 0 Å². The zero-order chi connectivity index (χ0) is 11.4. The van der Waals surface area contributed by atoms with Gasteiger partial charge in [0.05, 0.1) is 11.4 Å². The van der Waals surface area contributed by atoms with E-state index >= 15 is 0 Å². The molecule has 0 radical (unpaired) electrons. The highest BCUT2D eigenvalue weighted by molar-refractivity contribution is 7.84. The zero-order valence-electron chi connectivity index (χ0n) is 9.41. The number of nitrogens with one attached hydrogen (secondary N) is 1.